The van der Waals surface area contributed by atoms with E-state index in [0.29, 0.717) is 27.4 Å². The van der Waals surface area contributed by atoms with Crippen molar-refractivity contribution in [1.82, 2.24) is 4.98 Å². The third kappa shape index (κ3) is 4.18. The summed E-state index contributed by atoms with van der Waals surface area (Å²) in [4.78, 5) is 28.5. The molecule has 2 aromatic heterocycles. The summed E-state index contributed by atoms with van der Waals surface area (Å²) in [6, 6.07) is 19.3. The number of anilines is 1. The number of benzene rings is 2. The number of fused-ring (bicyclic) bond motifs is 1. The Balaban J connectivity index is 1.65. The summed E-state index contributed by atoms with van der Waals surface area (Å²) in [6.07, 6.45) is 0.721. The molecule has 7 heteroatoms. The van der Waals surface area contributed by atoms with Gasteiger partial charge in [0.25, 0.3) is 5.91 Å². The average Bonchev–Trinajstić information content (AvgIpc) is 2.75. The standard InChI is InChI=1S/C23H17ClN2O4/c1-14(23(28)26-21-9-5-6-10-25-21)29-20-13-19-17(11-18(20)24)16(12-22(27)30-19)15-7-3-2-4-8-15/h2-14H,1H3,(H,25,26,28). The molecule has 0 spiro atoms. The van der Waals surface area contributed by atoms with Crippen LogP contribution in [0.2, 0.25) is 5.02 Å². The Bertz CT molecular complexity index is 1260. The van der Waals surface area contributed by atoms with Gasteiger partial charge in [-0.15, -0.1) is 0 Å². The number of hydrogen-bond acceptors (Lipinski definition) is 5. The summed E-state index contributed by atoms with van der Waals surface area (Å²) in [6.45, 7) is 1.59. The van der Waals surface area contributed by atoms with Gasteiger partial charge in [-0.3, -0.25) is 4.79 Å². The predicted molar refractivity (Wildman–Crippen MR) is 116 cm³/mol. The van der Waals surface area contributed by atoms with Crippen molar-refractivity contribution in [3.05, 3.63) is 88.4 Å². The molecule has 1 amide bonds. The fourth-order valence-corrected chi connectivity index (χ4v) is 3.23. The van der Waals surface area contributed by atoms with Crippen molar-refractivity contribution >= 4 is 34.3 Å². The first-order chi connectivity index (χ1) is 14.5. The van der Waals surface area contributed by atoms with Crippen LogP contribution in [-0.4, -0.2) is 17.0 Å². The van der Waals surface area contributed by atoms with Crippen LogP contribution in [0.4, 0.5) is 5.82 Å². The molecule has 4 aromatic rings. The number of halogens is 1. The first-order valence-corrected chi connectivity index (χ1v) is 9.60. The van der Waals surface area contributed by atoms with Crippen LogP contribution >= 0.6 is 11.6 Å². The lowest BCUT2D eigenvalue weighted by Crippen LogP contribution is -2.30. The maximum Gasteiger partial charge on any atom is 0.336 e. The third-order valence-electron chi connectivity index (χ3n) is 4.47. The van der Waals surface area contributed by atoms with Crippen molar-refractivity contribution in [2.45, 2.75) is 13.0 Å². The minimum absolute atomic E-state index is 0.237. The molecule has 0 aliphatic carbocycles. The summed E-state index contributed by atoms with van der Waals surface area (Å²) in [7, 11) is 0. The van der Waals surface area contributed by atoms with Gasteiger partial charge in [0, 0.05) is 23.7 Å². The third-order valence-corrected chi connectivity index (χ3v) is 4.77. The molecular weight excluding hydrogens is 404 g/mol. The summed E-state index contributed by atoms with van der Waals surface area (Å²) < 4.78 is 11.1. The zero-order chi connectivity index (χ0) is 21.1. The monoisotopic (exact) mass is 420 g/mol. The number of carbonyl (C=O) groups excluding carboxylic acids is 1. The van der Waals surface area contributed by atoms with Crippen molar-refractivity contribution < 1.29 is 13.9 Å². The topological polar surface area (TPSA) is 81.4 Å². The molecule has 2 heterocycles. The van der Waals surface area contributed by atoms with E-state index in [9.17, 15) is 9.59 Å². The molecule has 0 saturated carbocycles. The quantitative estimate of drug-likeness (QED) is 0.464. The summed E-state index contributed by atoms with van der Waals surface area (Å²) in [5.74, 6) is 0.270. The Morgan fingerprint density at radius 1 is 1.10 bits per heavy atom. The van der Waals surface area contributed by atoms with Gasteiger partial charge in [-0.1, -0.05) is 48.0 Å². The van der Waals surface area contributed by atoms with E-state index in [4.69, 9.17) is 20.8 Å². The number of carbonyl (C=O) groups is 1. The second-order valence-corrected chi connectivity index (χ2v) is 7.00. The van der Waals surface area contributed by atoms with Crippen LogP contribution in [0, 0.1) is 0 Å². The van der Waals surface area contributed by atoms with Gasteiger partial charge in [-0.2, -0.15) is 0 Å². The number of ether oxygens (including phenoxy) is 1. The van der Waals surface area contributed by atoms with Crippen molar-refractivity contribution in [2.75, 3.05) is 5.32 Å². The highest BCUT2D eigenvalue weighted by atomic mass is 35.5. The Morgan fingerprint density at radius 3 is 2.60 bits per heavy atom. The number of aromatic nitrogens is 1. The van der Waals surface area contributed by atoms with E-state index in [2.05, 4.69) is 10.3 Å². The molecule has 1 atom stereocenters. The molecule has 0 fully saturated rings. The van der Waals surface area contributed by atoms with Gasteiger partial charge in [0.1, 0.15) is 17.2 Å². The zero-order valence-electron chi connectivity index (χ0n) is 16.0. The second-order valence-electron chi connectivity index (χ2n) is 6.59. The maximum absolute atomic E-state index is 12.4. The first-order valence-electron chi connectivity index (χ1n) is 9.22. The lowest BCUT2D eigenvalue weighted by atomic mass is 10.0. The van der Waals surface area contributed by atoms with Crippen molar-refractivity contribution in [2.24, 2.45) is 0 Å². The molecular formula is C23H17ClN2O4. The van der Waals surface area contributed by atoms with Gasteiger partial charge in [-0.25, -0.2) is 9.78 Å². The van der Waals surface area contributed by atoms with Crippen LogP contribution in [0.3, 0.4) is 0 Å². The van der Waals surface area contributed by atoms with E-state index >= 15 is 0 Å². The summed E-state index contributed by atoms with van der Waals surface area (Å²) in [5, 5.41) is 3.63. The van der Waals surface area contributed by atoms with E-state index < -0.39 is 11.7 Å². The first kappa shape index (κ1) is 19.7. The lowest BCUT2D eigenvalue weighted by molar-refractivity contribution is -0.122. The normalized spacial score (nSPS) is 11.8. The van der Waals surface area contributed by atoms with Gasteiger partial charge in [0.2, 0.25) is 0 Å². The van der Waals surface area contributed by atoms with E-state index in [1.165, 1.54) is 12.1 Å². The fourth-order valence-electron chi connectivity index (χ4n) is 3.02. The van der Waals surface area contributed by atoms with Crippen LogP contribution < -0.4 is 15.7 Å². The highest BCUT2D eigenvalue weighted by Gasteiger charge is 2.19. The molecule has 0 saturated heterocycles. The fraction of sp³-hybridized carbons (Fsp3) is 0.0870. The zero-order valence-corrected chi connectivity index (χ0v) is 16.7. The molecule has 4 rings (SSSR count). The number of nitrogens with zero attached hydrogens (tertiary/aromatic N) is 1. The largest absolute Gasteiger partial charge is 0.479 e. The summed E-state index contributed by atoms with van der Waals surface area (Å²) in [5.41, 5.74) is 1.40. The van der Waals surface area contributed by atoms with Crippen LogP contribution in [0.5, 0.6) is 5.75 Å². The molecule has 0 bridgehead atoms. The van der Waals surface area contributed by atoms with E-state index in [1.807, 2.05) is 30.3 Å². The average molecular weight is 421 g/mol. The van der Waals surface area contributed by atoms with Crippen LogP contribution in [0.15, 0.2) is 82.1 Å². The van der Waals surface area contributed by atoms with Crippen LogP contribution in [0.1, 0.15) is 6.92 Å². The molecule has 1 N–H and O–H groups in total. The maximum atomic E-state index is 12.4. The second kappa shape index (κ2) is 8.39. The number of pyridine rings is 1. The minimum atomic E-state index is -0.856. The molecule has 1 unspecified atom stereocenters. The Kier molecular flexibility index (Phi) is 5.50. The van der Waals surface area contributed by atoms with Gasteiger partial charge in [0.15, 0.2) is 6.10 Å². The number of rotatable bonds is 5. The molecule has 0 aliphatic rings. The van der Waals surface area contributed by atoms with E-state index in [0.717, 1.165) is 5.56 Å². The van der Waals surface area contributed by atoms with Crippen molar-refractivity contribution in [3.63, 3.8) is 0 Å². The van der Waals surface area contributed by atoms with E-state index in [1.54, 1.807) is 37.4 Å². The number of nitrogens with one attached hydrogen (secondary N) is 1. The van der Waals surface area contributed by atoms with Crippen molar-refractivity contribution in [3.8, 4) is 16.9 Å². The van der Waals surface area contributed by atoms with Crippen LogP contribution in [0.25, 0.3) is 22.1 Å². The summed E-state index contributed by atoms with van der Waals surface area (Å²) >= 11 is 6.42. The van der Waals surface area contributed by atoms with Gasteiger partial charge >= 0.3 is 5.63 Å². The SMILES string of the molecule is CC(Oc1cc2oc(=O)cc(-c3ccccc3)c2cc1Cl)C(=O)Nc1ccccn1. The molecule has 0 radical (unpaired) electrons. The minimum Gasteiger partial charge on any atom is -0.479 e. The molecule has 30 heavy (non-hydrogen) atoms. The molecule has 6 nitrogen and oxygen atoms in total. The molecule has 0 aliphatic heterocycles. The molecule has 2 aromatic carbocycles. The Morgan fingerprint density at radius 2 is 1.87 bits per heavy atom. The Hall–Kier alpha value is -3.64. The Labute approximate surface area is 177 Å². The van der Waals surface area contributed by atoms with Gasteiger partial charge < -0.3 is 14.5 Å². The predicted octanol–water partition coefficient (Wildman–Crippen LogP) is 4.91. The number of amides is 1. The molecule has 150 valence electrons. The highest BCUT2D eigenvalue weighted by Crippen LogP contribution is 2.35. The van der Waals surface area contributed by atoms with Gasteiger partial charge in [-0.05, 0) is 36.2 Å². The highest BCUT2D eigenvalue weighted by molar-refractivity contribution is 6.33. The van der Waals surface area contributed by atoms with E-state index in [-0.39, 0.29) is 11.7 Å². The van der Waals surface area contributed by atoms with Crippen LogP contribution in [-0.2, 0) is 4.79 Å². The smallest absolute Gasteiger partial charge is 0.336 e. The lowest BCUT2D eigenvalue weighted by Gasteiger charge is -2.16. The number of hydrogen-bond donors (Lipinski definition) is 1. The van der Waals surface area contributed by atoms with Gasteiger partial charge in [0.05, 0.1) is 5.02 Å². The van der Waals surface area contributed by atoms with Crippen molar-refractivity contribution in [1.29, 1.82) is 0 Å².